The van der Waals surface area contributed by atoms with Crippen molar-refractivity contribution < 1.29 is 18.5 Å². The number of carbonyl (C=O) groups excluding carboxylic acids is 2. The van der Waals surface area contributed by atoms with Crippen molar-refractivity contribution in [1.82, 2.24) is 5.32 Å². The number of hydrogen-bond donors (Lipinski definition) is 1. The van der Waals surface area contributed by atoms with Crippen LogP contribution in [-0.2, 0) is 25.1 Å². The molecule has 0 fully saturated rings. The molecule has 2 unspecified atom stereocenters. The second kappa shape index (κ2) is 9.15. The lowest BCUT2D eigenvalue weighted by molar-refractivity contribution is -0.144. The van der Waals surface area contributed by atoms with Gasteiger partial charge in [0.25, 0.3) is 0 Å². The molecule has 0 aromatic rings. The van der Waals surface area contributed by atoms with Gasteiger partial charge in [-0.3, -0.25) is 13.8 Å². The van der Waals surface area contributed by atoms with Crippen molar-refractivity contribution in [2.24, 2.45) is 0 Å². The smallest absolute Gasteiger partial charge is 0.306 e. The van der Waals surface area contributed by atoms with Crippen LogP contribution in [0, 0.1) is 0 Å². The van der Waals surface area contributed by atoms with Crippen LogP contribution in [0.15, 0.2) is 0 Å². The molecule has 6 heteroatoms. The first-order chi connectivity index (χ1) is 7.95. The Morgan fingerprint density at radius 1 is 1.35 bits per heavy atom. The largest absolute Gasteiger partial charge is 0.466 e. The third-order valence-electron chi connectivity index (χ3n) is 2.11. The molecule has 1 N–H and O–H groups in total. The first-order valence-electron chi connectivity index (χ1n) is 5.70. The molecule has 2 atom stereocenters. The minimum Gasteiger partial charge on any atom is -0.466 e. The highest BCUT2D eigenvalue weighted by molar-refractivity contribution is 7.84. The number of ether oxygens (including phenoxy) is 1. The third kappa shape index (κ3) is 9.99. The fraction of sp³-hybridized carbons (Fsp3) is 0.818. The van der Waals surface area contributed by atoms with E-state index in [9.17, 15) is 13.8 Å². The number of hydrogen-bond acceptors (Lipinski definition) is 4. The lowest BCUT2D eigenvalue weighted by Crippen LogP contribution is -2.33. The van der Waals surface area contributed by atoms with Crippen molar-refractivity contribution in [3.63, 3.8) is 0 Å². The van der Waals surface area contributed by atoms with E-state index in [4.69, 9.17) is 4.74 Å². The molecule has 0 saturated carbocycles. The summed E-state index contributed by atoms with van der Waals surface area (Å²) in [6.07, 6.45) is 2.55. The zero-order valence-corrected chi connectivity index (χ0v) is 11.5. The number of rotatable bonds is 8. The molecule has 17 heavy (non-hydrogen) atoms. The standard InChI is InChI=1S/C11H21NO4S/c1-4-16-11(14)6-5-10(13)12-9(2)7-8-17(3)15/h9H,4-8H2,1-3H3,(H,12,13). The quantitative estimate of drug-likeness (QED) is 0.651. The first kappa shape index (κ1) is 16.1. The molecule has 0 aliphatic rings. The van der Waals surface area contributed by atoms with Crippen molar-refractivity contribution in [1.29, 1.82) is 0 Å². The van der Waals surface area contributed by atoms with Crippen LogP contribution < -0.4 is 5.32 Å². The minimum atomic E-state index is -0.840. The lowest BCUT2D eigenvalue weighted by Gasteiger charge is -2.12. The molecule has 0 aliphatic heterocycles. The van der Waals surface area contributed by atoms with Gasteiger partial charge >= 0.3 is 5.97 Å². The molecule has 0 aliphatic carbocycles. The van der Waals surface area contributed by atoms with E-state index < -0.39 is 10.8 Å². The molecule has 5 nitrogen and oxygen atoms in total. The summed E-state index contributed by atoms with van der Waals surface area (Å²) in [7, 11) is -0.840. The van der Waals surface area contributed by atoms with Crippen LogP contribution in [-0.4, -0.2) is 40.7 Å². The first-order valence-corrected chi connectivity index (χ1v) is 7.43. The fourth-order valence-electron chi connectivity index (χ4n) is 1.21. The minimum absolute atomic E-state index is 0.0198. The Labute approximate surface area is 105 Å². The van der Waals surface area contributed by atoms with E-state index in [1.807, 2.05) is 6.92 Å². The highest BCUT2D eigenvalue weighted by Gasteiger charge is 2.10. The van der Waals surface area contributed by atoms with Crippen molar-refractivity contribution in [2.45, 2.75) is 39.2 Å². The third-order valence-corrected chi connectivity index (χ3v) is 2.92. The van der Waals surface area contributed by atoms with Gasteiger partial charge in [0.15, 0.2) is 0 Å². The summed E-state index contributed by atoms with van der Waals surface area (Å²) in [4.78, 5) is 22.4. The van der Waals surface area contributed by atoms with Crippen LogP contribution in [0.1, 0.15) is 33.1 Å². The van der Waals surface area contributed by atoms with Gasteiger partial charge in [0.2, 0.25) is 5.91 Å². The number of nitrogens with one attached hydrogen (secondary N) is 1. The van der Waals surface area contributed by atoms with E-state index in [1.54, 1.807) is 13.2 Å². The highest BCUT2D eigenvalue weighted by atomic mass is 32.2. The van der Waals surface area contributed by atoms with Gasteiger partial charge in [-0.2, -0.15) is 0 Å². The van der Waals surface area contributed by atoms with Gasteiger partial charge in [0.05, 0.1) is 13.0 Å². The topological polar surface area (TPSA) is 72.5 Å². The van der Waals surface area contributed by atoms with Gasteiger partial charge in [-0.25, -0.2) is 0 Å². The van der Waals surface area contributed by atoms with E-state index in [0.29, 0.717) is 18.8 Å². The Kier molecular flexibility index (Phi) is 8.66. The van der Waals surface area contributed by atoms with Crippen molar-refractivity contribution in [3.8, 4) is 0 Å². The van der Waals surface area contributed by atoms with Crippen molar-refractivity contribution in [3.05, 3.63) is 0 Å². The van der Waals surface area contributed by atoms with Gasteiger partial charge < -0.3 is 10.1 Å². The summed E-state index contributed by atoms with van der Waals surface area (Å²) >= 11 is 0. The van der Waals surface area contributed by atoms with Gasteiger partial charge in [0, 0.05) is 35.3 Å². The average molecular weight is 263 g/mol. The molecule has 0 saturated heterocycles. The van der Waals surface area contributed by atoms with Crippen LogP contribution in [0.2, 0.25) is 0 Å². The molecule has 0 aromatic carbocycles. The lowest BCUT2D eigenvalue weighted by atomic mass is 10.2. The van der Waals surface area contributed by atoms with E-state index in [2.05, 4.69) is 5.32 Å². The van der Waals surface area contributed by atoms with E-state index in [-0.39, 0.29) is 30.8 Å². The Hall–Kier alpha value is -0.910. The molecule has 0 bridgehead atoms. The number of esters is 1. The van der Waals surface area contributed by atoms with Gasteiger partial charge in [-0.15, -0.1) is 0 Å². The number of amides is 1. The summed E-state index contributed by atoms with van der Waals surface area (Å²) in [5.74, 6) is 0.0386. The van der Waals surface area contributed by atoms with E-state index in [0.717, 1.165) is 0 Å². The van der Waals surface area contributed by atoms with Crippen LogP contribution in [0.3, 0.4) is 0 Å². The van der Waals surface area contributed by atoms with Gasteiger partial charge in [0.1, 0.15) is 0 Å². The zero-order chi connectivity index (χ0) is 13.3. The molecule has 0 heterocycles. The summed E-state index contributed by atoms with van der Waals surface area (Å²) in [6.45, 7) is 3.92. The molecule has 0 spiro atoms. The second-order valence-corrected chi connectivity index (χ2v) is 5.39. The maximum atomic E-state index is 11.4. The van der Waals surface area contributed by atoms with E-state index >= 15 is 0 Å². The van der Waals surface area contributed by atoms with Crippen molar-refractivity contribution >= 4 is 22.7 Å². The monoisotopic (exact) mass is 263 g/mol. The molecule has 1 amide bonds. The Balaban J connectivity index is 3.70. The second-order valence-electron chi connectivity index (χ2n) is 3.84. The SMILES string of the molecule is CCOC(=O)CCC(=O)NC(C)CCS(C)=O. The summed E-state index contributed by atoms with van der Waals surface area (Å²) in [5, 5.41) is 2.75. The fourth-order valence-corrected chi connectivity index (χ4v) is 1.90. The maximum absolute atomic E-state index is 11.4. The zero-order valence-electron chi connectivity index (χ0n) is 10.7. The number of carbonyl (C=O) groups is 2. The summed E-state index contributed by atoms with van der Waals surface area (Å²) in [5.41, 5.74) is 0. The van der Waals surface area contributed by atoms with Crippen LogP contribution in [0.5, 0.6) is 0 Å². The predicted molar refractivity (Wildman–Crippen MR) is 67.0 cm³/mol. The highest BCUT2D eigenvalue weighted by Crippen LogP contribution is 1.97. The summed E-state index contributed by atoms with van der Waals surface area (Å²) < 4.78 is 15.6. The predicted octanol–water partition coefficient (Wildman–Crippen LogP) is 0.603. The maximum Gasteiger partial charge on any atom is 0.306 e. The Morgan fingerprint density at radius 2 is 2.00 bits per heavy atom. The molecule has 0 rings (SSSR count). The van der Waals surface area contributed by atoms with Gasteiger partial charge in [-0.1, -0.05) is 0 Å². The van der Waals surface area contributed by atoms with Gasteiger partial charge in [-0.05, 0) is 20.3 Å². The molecular formula is C11H21NO4S. The Bertz CT molecular complexity index is 281. The van der Waals surface area contributed by atoms with Crippen LogP contribution in [0.4, 0.5) is 0 Å². The average Bonchev–Trinajstić information content (AvgIpc) is 2.24. The molecular weight excluding hydrogens is 242 g/mol. The van der Waals surface area contributed by atoms with Crippen LogP contribution >= 0.6 is 0 Å². The molecule has 0 aromatic heterocycles. The van der Waals surface area contributed by atoms with Crippen LogP contribution in [0.25, 0.3) is 0 Å². The Morgan fingerprint density at radius 3 is 2.53 bits per heavy atom. The summed E-state index contributed by atoms with van der Waals surface area (Å²) in [6, 6.07) is -0.0198. The molecule has 0 radical (unpaired) electrons. The van der Waals surface area contributed by atoms with Crippen molar-refractivity contribution in [2.75, 3.05) is 18.6 Å². The van der Waals surface area contributed by atoms with E-state index in [1.165, 1.54) is 0 Å². The normalized spacial score (nSPS) is 13.8. The molecule has 100 valence electrons.